The number of rotatable bonds is 6. The minimum Gasteiger partial charge on any atom is -0.492 e. The number of urea groups is 1. The van der Waals surface area contributed by atoms with E-state index in [1.165, 1.54) is 11.3 Å². The fourth-order valence-electron chi connectivity index (χ4n) is 1.79. The fourth-order valence-corrected chi connectivity index (χ4v) is 2.50. The van der Waals surface area contributed by atoms with Crippen LogP contribution < -0.4 is 15.4 Å². The summed E-state index contributed by atoms with van der Waals surface area (Å²) in [5.41, 5.74) is 1.40. The normalized spacial score (nSPS) is 11.7. The molecular formula is C15H18N2O3S. The van der Waals surface area contributed by atoms with E-state index in [0.29, 0.717) is 18.0 Å². The SMILES string of the molecule is CCOc1ccccc1NC(=O)NCC(O)c1ccsc1. The Morgan fingerprint density at radius 1 is 1.38 bits per heavy atom. The van der Waals surface area contributed by atoms with E-state index in [4.69, 9.17) is 4.74 Å². The summed E-state index contributed by atoms with van der Waals surface area (Å²) in [5.74, 6) is 0.619. The van der Waals surface area contributed by atoms with Gasteiger partial charge in [-0.25, -0.2) is 4.79 Å². The molecule has 5 nitrogen and oxygen atoms in total. The summed E-state index contributed by atoms with van der Waals surface area (Å²) < 4.78 is 5.43. The van der Waals surface area contributed by atoms with Crippen molar-refractivity contribution in [1.29, 1.82) is 0 Å². The number of hydrogen-bond donors (Lipinski definition) is 3. The smallest absolute Gasteiger partial charge is 0.319 e. The summed E-state index contributed by atoms with van der Waals surface area (Å²) in [4.78, 5) is 11.9. The first-order chi connectivity index (χ1) is 10.2. The van der Waals surface area contributed by atoms with Crippen molar-refractivity contribution in [2.24, 2.45) is 0 Å². The van der Waals surface area contributed by atoms with Gasteiger partial charge in [0.2, 0.25) is 0 Å². The number of aliphatic hydroxyl groups is 1. The Morgan fingerprint density at radius 3 is 2.90 bits per heavy atom. The first-order valence-electron chi connectivity index (χ1n) is 6.67. The van der Waals surface area contributed by atoms with E-state index in [-0.39, 0.29) is 12.6 Å². The van der Waals surface area contributed by atoms with E-state index in [9.17, 15) is 9.90 Å². The molecule has 0 saturated heterocycles. The number of thiophene rings is 1. The molecule has 3 N–H and O–H groups in total. The lowest BCUT2D eigenvalue weighted by atomic mass is 10.2. The molecule has 2 aromatic rings. The minimum atomic E-state index is -0.705. The Bertz CT molecular complexity index is 572. The zero-order valence-corrected chi connectivity index (χ0v) is 12.5. The molecule has 0 saturated carbocycles. The van der Waals surface area contributed by atoms with Crippen LogP contribution in [0, 0.1) is 0 Å². The van der Waals surface area contributed by atoms with Crippen LogP contribution in [0.2, 0.25) is 0 Å². The van der Waals surface area contributed by atoms with E-state index in [1.54, 1.807) is 12.1 Å². The molecule has 1 heterocycles. The molecule has 1 atom stereocenters. The highest BCUT2D eigenvalue weighted by molar-refractivity contribution is 7.07. The summed E-state index contributed by atoms with van der Waals surface area (Å²) in [7, 11) is 0. The Hall–Kier alpha value is -2.05. The molecule has 0 fully saturated rings. The van der Waals surface area contributed by atoms with Gasteiger partial charge in [-0.2, -0.15) is 11.3 Å². The van der Waals surface area contributed by atoms with Crippen LogP contribution in [0.1, 0.15) is 18.6 Å². The number of carbonyl (C=O) groups is 1. The van der Waals surface area contributed by atoms with Crippen LogP contribution in [0.15, 0.2) is 41.1 Å². The molecule has 2 amide bonds. The fraction of sp³-hybridized carbons (Fsp3) is 0.267. The molecule has 0 aliphatic heterocycles. The van der Waals surface area contributed by atoms with Gasteiger partial charge in [-0.15, -0.1) is 0 Å². The van der Waals surface area contributed by atoms with Gasteiger partial charge in [0.15, 0.2) is 0 Å². The van der Waals surface area contributed by atoms with Gasteiger partial charge in [0.05, 0.1) is 18.4 Å². The highest BCUT2D eigenvalue weighted by Gasteiger charge is 2.11. The molecule has 0 radical (unpaired) electrons. The summed E-state index contributed by atoms with van der Waals surface area (Å²) in [6, 6.07) is 8.67. The topological polar surface area (TPSA) is 70.6 Å². The van der Waals surface area contributed by atoms with Crippen molar-refractivity contribution in [3.63, 3.8) is 0 Å². The van der Waals surface area contributed by atoms with Crippen LogP contribution in [0.25, 0.3) is 0 Å². The minimum absolute atomic E-state index is 0.152. The summed E-state index contributed by atoms with van der Waals surface area (Å²) in [5, 5.41) is 19.0. The molecule has 112 valence electrons. The van der Waals surface area contributed by atoms with Gasteiger partial charge < -0.3 is 20.5 Å². The lowest BCUT2D eigenvalue weighted by Gasteiger charge is -2.13. The highest BCUT2D eigenvalue weighted by Crippen LogP contribution is 2.23. The number of hydrogen-bond acceptors (Lipinski definition) is 4. The second-order valence-electron chi connectivity index (χ2n) is 4.34. The number of carbonyl (C=O) groups excluding carboxylic acids is 1. The molecule has 1 aromatic carbocycles. The van der Waals surface area contributed by atoms with Crippen LogP contribution in [-0.4, -0.2) is 24.3 Å². The van der Waals surface area contributed by atoms with E-state index in [0.717, 1.165) is 5.56 Å². The first kappa shape index (κ1) is 15.3. The monoisotopic (exact) mass is 306 g/mol. The van der Waals surface area contributed by atoms with Gasteiger partial charge in [-0.1, -0.05) is 12.1 Å². The molecule has 0 aliphatic carbocycles. The zero-order chi connectivity index (χ0) is 15.1. The maximum Gasteiger partial charge on any atom is 0.319 e. The molecule has 6 heteroatoms. The molecule has 0 bridgehead atoms. The molecular weight excluding hydrogens is 288 g/mol. The summed E-state index contributed by atoms with van der Waals surface area (Å²) in [6.45, 7) is 2.56. The highest BCUT2D eigenvalue weighted by atomic mass is 32.1. The second kappa shape index (κ2) is 7.66. The van der Waals surface area contributed by atoms with Crippen molar-refractivity contribution in [1.82, 2.24) is 5.32 Å². The quantitative estimate of drug-likeness (QED) is 0.768. The number of anilines is 1. The Morgan fingerprint density at radius 2 is 2.19 bits per heavy atom. The standard InChI is InChI=1S/C15H18N2O3S/c1-2-20-14-6-4-3-5-12(14)17-15(19)16-9-13(18)11-7-8-21-10-11/h3-8,10,13,18H,2,9H2,1H3,(H2,16,17,19). The van der Waals surface area contributed by atoms with Gasteiger partial charge in [0.1, 0.15) is 5.75 Å². The zero-order valence-electron chi connectivity index (χ0n) is 11.7. The number of aliphatic hydroxyl groups excluding tert-OH is 1. The Labute approximate surface area is 127 Å². The van der Waals surface area contributed by atoms with Crippen molar-refractivity contribution in [2.45, 2.75) is 13.0 Å². The number of ether oxygens (including phenoxy) is 1. The van der Waals surface area contributed by atoms with E-state index in [1.807, 2.05) is 35.9 Å². The maximum absolute atomic E-state index is 11.9. The van der Waals surface area contributed by atoms with E-state index < -0.39 is 6.10 Å². The largest absolute Gasteiger partial charge is 0.492 e. The molecule has 21 heavy (non-hydrogen) atoms. The predicted octanol–water partition coefficient (Wildman–Crippen LogP) is 3.00. The lowest BCUT2D eigenvalue weighted by molar-refractivity contribution is 0.175. The van der Waals surface area contributed by atoms with Gasteiger partial charge in [0, 0.05) is 6.54 Å². The molecule has 1 aromatic heterocycles. The number of para-hydroxylation sites is 2. The average Bonchev–Trinajstić information content (AvgIpc) is 3.01. The third-order valence-corrected chi connectivity index (χ3v) is 3.52. The van der Waals surface area contributed by atoms with Crippen molar-refractivity contribution >= 4 is 23.1 Å². The third kappa shape index (κ3) is 4.47. The van der Waals surface area contributed by atoms with Crippen LogP contribution in [0.4, 0.5) is 10.5 Å². The summed E-state index contributed by atoms with van der Waals surface area (Å²) in [6.07, 6.45) is -0.705. The molecule has 1 unspecified atom stereocenters. The average molecular weight is 306 g/mol. The van der Waals surface area contributed by atoms with Crippen molar-refractivity contribution in [3.8, 4) is 5.75 Å². The van der Waals surface area contributed by atoms with Crippen LogP contribution >= 0.6 is 11.3 Å². The van der Waals surface area contributed by atoms with Gasteiger partial charge in [-0.3, -0.25) is 0 Å². The number of amides is 2. The molecule has 0 spiro atoms. The van der Waals surface area contributed by atoms with Crippen LogP contribution in [0.3, 0.4) is 0 Å². The maximum atomic E-state index is 11.9. The van der Waals surface area contributed by atoms with E-state index in [2.05, 4.69) is 10.6 Å². The lowest BCUT2D eigenvalue weighted by Crippen LogP contribution is -2.32. The van der Waals surface area contributed by atoms with Crippen molar-refractivity contribution in [2.75, 3.05) is 18.5 Å². The van der Waals surface area contributed by atoms with Gasteiger partial charge in [-0.05, 0) is 41.4 Å². The van der Waals surface area contributed by atoms with Crippen molar-refractivity contribution < 1.29 is 14.6 Å². The molecule has 2 rings (SSSR count). The van der Waals surface area contributed by atoms with Gasteiger partial charge in [0.25, 0.3) is 0 Å². The predicted molar refractivity (Wildman–Crippen MR) is 83.9 cm³/mol. The second-order valence-corrected chi connectivity index (χ2v) is 5.12. The van der Waals surface area contributed by atoms with Gasteiger partial charge >= 0.3 is 6.03 Å². The van der Waals surface area contributed by atoms with Crippen LogP contribution in [-0.2, 0) is 0 Å². The van der Waals surface area contributed by atoms with Crippen LogP contribution in [0.5, 0.6) is 5.75 Å². The Balaban J connectivity index is 1.87. The van der Waals surface area contributed by atoms with E-state index >= 15 is 0 Å². The Kier molecular flexibility index (Phi) is 5.59. The number of nitrogens with one attached hydrogen (secondary N) is 2. The first-order valence-corrected chi connectivity index (χ1v) is 7.61. The van der Waals surface area contributed by atoms with Crippen molar-refractivity contribution in [3.05, 3.63) is 46.7 Å². The number of benzene rings is 1. The third-order valence-electron chi connectivity index (χ3n) is 2.82. The molecule has 0 aliphatic rings. The summed E-state index contributed by atoms with van der Waals surface area (Å²) >= 11 is 1.51.